The minimum Gasteiger partial charge on any atom is -0.273 e. The van der Waals surface area contributed by atoms with Crippen LogP contribution in [0.15, 0.2) is 41.3 Å². The van der Waals surface area contributed by atoms with Gasteiger partial charge in [0.05, 0.1) is 10.3 Å². The molecule has 0 aliphatic heterocycles. The van der Waals surface area contributed by atoms with Crippen molar-refractivity contribution in [3.8, 4) is 0 Å². The lowest BCUT2D eigenvalue weighted by atomic mass is 9.95. The number of fused-ring (bicyclic) bond motifs is 1. The van der Waals surface area contributed by atoms with Crippen LogP contribution >= 0.6 is 23.2 Å². The number of amides is 1. The molecular weight excluding hydrogens is 393 g/mol. The molecule has 0 saturated heterocycles. The number of carbonyl (C=O) groups excluding carboxylic acids is 1. The second-order valence-corrected chi connectivity index (χ2v) is 9.45. The Morgan fingerprint density at radius 1 is 1.00 bits per heavy atom. The molecule has 2 aromatic rings. The van der Waals surface area contributed by atoms with Gasteiger partial charge < -0.3 is 0 Å². The van der Waals surface area contributed by atoms with Crippen molar-refractivity contribution in [3.05, 3.63) is 63.1 Å². The number of rotatable bonds is 4. The number of hydrogen-bond donors (Lipinski definition) is 1. The number of halogens is 2. The molecule has 2 aliphatic rings. The number of carbonyl (C=O) groups is 1. The zero-order valence-corrected chi connectivity index (χ0v) is 16.2. The molecule has 0 aromatic heterocycles. The van der Waals surface area contributed by atoms with Crippen LogP contribution in [0.25, 0.3) is 0 Å². The molecule has 1 fully saturated rings. The molecule has 2 aliphatic carbocycles. The Morgan fingerprint density at radius 3 is 2.42 bits per heavy atom. The summed E-state index contributed by atoms with van der Waals surface area (Å²) in [7, 11) is -3.92. The van der Waals surface area contributed by atoms with Crippen LogP contribution in [0, 0.1) is 0 Å². The highest BCUT2D eigenvalue weighted by Gasteiger charge is 2.53. The van der Waals surface area contributed by atoms with E-state index in [1.807, 2.05) is 6.07 Å². The van der Waals surface area contributed by atoms with E-state index in [1.54, 1.807) is 30.3 Å². The topological polar surface area (TPSA) is 63.2 Å². The Balaban J connectivity index is 1.61. The monoisotopic (exact) mass is 409 g/mol. The van der Waals surface area contributed by atoms with Crippen molar-refractivity contribution in [2.45, 2.75) is 42.4 Å². The first-order valence-corrected chi connectivity index (χ1v) is 10.7. The molecule has 4 rings (SSSR count). The predicted molar refractivity (Wildman–Crippen MR) is 101 cm³/mol. The lowest BCUT2D eigenvalue weighted by Crippen LogP contribution is -2.39. The summed E-state index contributed by atoms with van der Waals surface area (Å²) in [4.78, 5) is 12.9. The Kier molecular flexibility index (Phi) is 4.29. The van der Waals surface area contributed by atoms with Crippen LogP contribution in [0.2, 0.25) is 10.0 Å². The first-order chi connectivity index (χ1) is 12.3. The van der Waals surface area contributed by atoms with Gasteiger partial charge in [0.25, 0.3) is 10.0 Å². The van der Waals surface area contributed by atoms with Crippen molar-refractivity contribution >= 4 is 39.1 Å². The van der Waals surface area contributed by atoms with Crippen LogP contribution in [0.3, 0.4) is 0 Å². The molecule has 4 nitrogen and oxygen atoms in total. The summed E-state index contributed by atoms with van der Waals surface area (Å²) in [6.45, 7) is 0. The highest BCUT2D eigenvalue weighted by atomic mass is 35.5. The Labute approximate surface area is 162 Å². The molecule has 0 heterocycles. The molecule has 1 N–H and O–H groups in total. The van der Waals surface area contributed by atoms with Crippen LogP contribution in [-0.2, 0) is 33.1 Å². The second-order valence-electron chi connectivity index (χ2n) is 6.92. The van der Waals surface area contributed by atoms with Crippen LogP contribution < -0.4 is 4.72 Å². The number of sulfonamides is 1. The normalized spacial score (nSPS) is 17.6. The third kappa shape index (κ3) is 3.02. The van der Waals surface area contributed by atoms with Crippen LogP contribution in [0.5, 0.6) is 0 Å². The van der Waals surface area contributed by atoms with Crippen molar-refractivity contribution < 1.29 is 13.2 Å². The van der Waals surface area contributed by atoms with E-state index in [0.717, 1.165) is 24.8 Å². The van der Waals surface area contributed by atoms with Gasteiger partial charge in [-0.15, -0.1) is 0 Å². The highest BCUT2D eigenvalue weighted by molar-refractivity contribution is 7.90. The molecule has 0 unspecified atom stereocenters. The van der Waals surface area contributed by atoms with Gasteiger partial charge in [0.15, 0.2) is 0 Å². The van der Waals surface area contributed by atoms with Crippen LogP contribution in [-0.4, -0.2) is 14.3 Å². The predicted octanol–water partition coefficient (Wildman–Crippen LogP) is 4.02. The fraction of sp³-hybridized carbons (Fsp3) is 0.316. The first kappa shape index (κ1) is 17.8. The average Bonchev–Trinajstić information content (AvgIpc) is 3.24. The van der Waals surface area contributed by atoms with Crippen molar-refractivity contribution in [2.75, 3.05) is 0 Å². The molecule has 2 aromatic carbocycles. The third-order valence-corrected chi connectivity index (χ3v) is 7.12. The van der Waals surface area contributed by atoms with E-state index in [4.69, 9.17) is 23.2 Å². The summed E-state index contributed by atoms with van der Waals surface area (Å²) in [5, 5.41) is 0.848. The first-order valence-electron chi connectivity index (χ1n) is 8.46. The van der Waals surface area contributed by atoms with E-state index in [-0.39, 0.29) is 4.90 Å². The van der Waals surface area contributed by atoms with Gasteiger partial charge >= 0.3 is 0 Å². The number of benzene rings is 2. The lowest BCUT2D eigenvalue weighted by molar-refractivity contribution is -0.121. The van der Waals surface area contributed by atoms with Gasteiger partial charge in [-0.1, -0.05) is 35.3 Å². The summed E-state index contributed by atoms with van der Waals surface area (Å²) in [6.07, 6.45) is 3.99. The van der Waals surface area contributed by atoms with Gasteiger partial charge in [0.1, 0.15) is 0 Å². The Morgan fingerprint density at radius 2 is 1.73 bits per heavy atom. The quantitative estimate of drug-likeness (QED) is 0.828. The molecule has 7 heteroatoms. The molecular formula is C19H17Cl2NO3S. The second kappa shape index (κ2) is 6.25. The fourth-order valence-corrected chi connectivity index (χ4v) is 5.31. The average molecular weight is 410 g/mol. The van der Waals surface area contributed by atoms with E-state index < -0.39 is 21.3 Å². The van der Waals surface area contributed by atoms with Gasteiger partial charge in [-0.2, -0.15) is 0 Å². The summed E-state index contributed by atoms with van der Waals surface area (Å²) in [5.74, 6) is -0.540. The van der Waals surface area contributed by atoms with E-state index in [1.165, 1.54) is 5.56 Å². The molecule has 0 spiro atoms. The Bertz CT molecular complexity index is 1010. The summed E-state index contributed by atoms with van der Waals surface area (Å²) in [6, 6.07) is 10.00. The maximum absolute atomic E-state index is 12.8. The van der Waals surface area contributed by atoms with Crippen molar-refractivity contribution in [2.24, 2.45) is 0 Å². The van der Waals surface area contributed by atoms with Crippen LogP contribution in [0.1, 0.15) is 36.0 Å². The largest absolute Gasteiger partial charge is 0.273 e. The smallest absolute Gasteiger partial charge is 0.264 e. The van der Waals surface area contributed by atoms with Gasteiger partial charge in [0.2, 0.25) is 5.91 Å². The molecule has 26 heavy (non-hydrogen) atoms. The van der Waals surface area contributed by atoms with Gasteiger partial charge in [0, 0.05) is 10.0 Å². The van der Waals surface area contributed by atoms with E-state index in [0.29, 0.717) is 28.5 Å². The third-order valence-electron chi connectivity index (χ3n) is 5.24. The standard InChI is InChI=1S/C19H17Cl2NO3S/c20-14-5-7-16(17(21)11-14)19(8-9-19)18(23)22-26(24,25)15-6-4-12-2-1-3-13(12)10-15/h4-7,10-11H,1-3,8-9H2,(H,22,23). The molecule has 1 amide bonds. The van der Waals surface area contributed by atoms with Gasteiger partial charge in [-0.3, -0.25) is 4.79 Å². The summed E-state index contributed by atoms with van der Waals surface area (Å²) >= 11 is 12.2. The summed E-state index contributed by atoms with van der Waals surface area (Å²) in [5.41, 5.74) is 1.94. The minimum absolute atomic E-state index is 0.129. The van der Waals surface area contributed by atoms with Gasteiger partial charge in [-0.05, 0) is 73.1 Å². The zero-order valence-electron chi connectivity index (χ0n) is 13.9. The SMILES string of the molecule is O=C(NS(=O)(=O)c1ccc2c(c1)CCC2)C1(c2ccc(Cl)cc2Cl)CC1. The highest BCUT2D eigenvalue weighted by Crippen LogP contribution is 2.51. The molecule has 0 atom stereocenters. The molecule has 0 radical (unpaired) electrons. The maximum atomic E-state index is 12.8. The van der Waals surface area contributed by atoms with E-state index in [2.05, 4.69) is 4.72 Å². The molecule has 136 valence electrons. The van der Waals surface area contributed by atoms with E-state index in [9.17, 15) is 13.2 Å². The van der Waals surface area contributed by atoms with E-state index >= 15 is 0 Å². The molecule has 1 saturated carbocycles. The zero-order chi connectivity index (χ0) is 18.5. The number of nitrogens with one attached hydrogen (secondary N) is 1. The van der Waals surface area contributed by atoms with Crippen molar-refractivity contribution in [3.63, 3.8) is 0 Å². The Hall–Kier alpha value is -1.56. The van der Waals surface area contributed by atoms with Crippen molar-refractivity contribution in [1.29, 1.82) is 0 Å². The van der Waals surface area contributed by atoms with Crippen molar-refractivity contribution in [1.82, 2.24) is 4.72 Å². The number of hydrogen-bond acceptors (Lipinski definition) is 3. The maximum Gasteiger partial charge on any atom is 0.264 e. The summed E-state index contributed by atoms with van der Waals surface area (Å²) < 4.78 is 27.7. The van der Waals surface area contributed by atoms with Gasteiger partial charge in [-0.25, -0.2) is 13.1 Å². The van der Waals surface area contributed by atoms with Crippen LogP contribution in [0.4, 0.5) is 0 Å². The minimum atomic E-state index is -3.92. The lowest BCUT2D eigenvalue weighted by Gasteiger charge is -2.17. The molecule has 0 bridgehead atoms. The fourth-order valence-electron chi connectivity index (χ4n) is 3.62. The number of aryl methyl sites for hydroxylation is 2.